The van der Waals surface area contributed by atoms with E-state index in [0.717, 1.165) is 50.4 Å². The standard InChI is InChI=1S/C23H31N5O2/c1-3-21-24-10-13-28(21)16(2)23(30)27-11-8-18(9-12-27)20-7-6-19(15-25-20)22(29)26-14-17-4-5-17/h6-7,10,13,15-18H,3-5,8-9,11-12,14H2,1-2H3,(H,26,29)/t16-/m1/s1. The smallest absolute Gasteiger partial charge is 0.252 e. The number of piperidine rings is 1. The third-order valence-corrected chi connectivity index (χ3v) is 6.36. The lowest BCUT2D eigenvalue weighted by Gasteiger charge is -2.33. The number of carbonyl (C=O) groups is 2. The molecule has 30 heavy (non-hydrogen) atoms. The summed E-state index contributed by atoms with van der Waals surface area (Å²) in [4.78, 5) is 36.0. The van der Waals surface area contributed by atoms with Crippen molar-refractivity contribution in [1.29, 1.82) is 0 Å². The number of likely N-dealkylation sites (tertiary alicyclic amines) is 1. The minimum atomic E-state index is -0.231. The molecule has 160 valence electrons. The van der Waals surface area contributed by atoms with Gasteiger partial charge < -0.3 is 14.8 Å². The Balaban J connectivity index is 1.30. The highest BCUT2D eigenvalue weighted by molar-refractivity contribution is 5.93. The summed E-state index contributed by atoms with van der Waals surface area (Å²) >= 11 is 0. The van der Waals surface area contributed by atoms with Crippen LogP contribution in [0.3, 0.4) is 0 Å². The van der Waals surface area contributed by atoms with Gasteiger partial charge in [0, 0.05) is 56.3 Å². The number of nitrogens with one attached hydrogen (secondary N) is 1. The Morgan fingerprint density at radius 2 is 1.93 bits per heavy atom. The average molecular weight is 410 g/mol. The van der Waals surface area contributed by atoms with Crippen molar-refractivity contribution in [3.05, 3.63) is 47.8 Å². The number of hydrogen-bond donors (Lipinski definition) is 1. The van der Waals surface area contributed by atoms with Crippen LogP contribution in [0.1, 0.15) is 73.4 Å². The summed E-state index contributed by atoms with van der Waals surface area (Å²) in [7, 11) is 0. The largest absolute Gasteiger partial charge is 0.352 e. The lowest BCUT2D eigenvalue weighted by Crippen LogP contribution is -2.41. The van der Waals surface area contributed by atoms with Crippen molar-refractivity contribution in [2.75, 3.05) is 19.6 Å². The molecule has 0 spiro atoms. The zero-order valence-electron chi connectivity index (χ0n) is 17.9. The number of amides is 2. The van der Waals surface area contributed by atoms with Gasteiger partial charge in [0.1, 0.15) is 11.9 Å². The Bertz CT molecular complexity index is 879. The minimum Gasteiger partial charge on any atom is -0.352 e. The topological polar surface area (TPSA) is 80.1 Å². The molecule has 1 saturated carbocycles. The van der Waals surface area contributed by atoms with Crippen molar-refractivity contribution in [3.63, 3.8) is 0 Å². The lowest BCUT2D eigenvalue weighted by atomic mass is 9.92. The molecule has 2 aromatic heterocycles. The molecule has 7 nitrogen and oxygen atoms in total. The van der Waals surface area contributed by atoms with Gasteiger partial charge >= 0.3 is 0 Å². The number of rotatable bonds is 7. The quantitative estimate of drug-likeness (QED) is 0.762. The monoisotopic (exact) mass is 409 g/mol. The molecule has 2 amide bonds. The number of carbonyl (C=O) groups excluding carboxylic acids is 2. The molecule has 7 heteroatoms. The lowest BCUT2D eigenvalue weighted by molar-refractivity contribution is -0.135. The maximum absolute atomic E-state index is 13.0. The van der Waals surface area contributed by atoms with Crippen LogP contribution in [0.25, 0.3) is 0 Å². The predicted octanol–water partition coefficient (Wildman–Crippen LogP) is 2.95. The number of hydrogen-bond acceptors (Lipinski definition) is 4. The molecule has 1 N–H and O–H groups in total. The van der Waals surface area contributed by atoms with E-state index in [1.807, 2.05) is 34.7 Å². The molecular weight excluding hydrogens is 378 g/mol. The van der Waals surface area contributed by atoms with Crippen LogP contribution in [-0.2, 0) is 11.2 Å². The molecule has 3 heterocycles. The van der Waals surface area contributed by atoms with Gasteiger partial charge in [0.05, 0.1) is 5.56 Å². The van der Waals surface area contributed by atoms with Crippen LogP contribution in [0.2, 0.25) is 0 Å². The maximum Gasteiger partial charge on any atom is 0.252 e. The molecule has 0 bridgehead atoms. The SMILES string of the molecule is CCc1nccn1[C@H](C)C(=O)N1CCC(c2ccc(C(=O)NCC3CC3)cn2)CC1. The minimum absolute atomic E-state index is 0.0405. The molecule has 0 unspecified atom stereocenters. The van der Waals surface area contributed by atoms with Gasteiger partial charge in [-0.2, -0.15) is 0 Å². The number of imidazole rings is 1. The molecule has 0 aromatic carbocycles. The third kappa shape index (κ3) is 4.55. The summed E-state index contributed by atoms with van der Waals surface area (Å²) < 4.78 is 1.98. The summed E-state index contributed by atoms with van der Waals surface area (Å²) in [5.74, 6) is 2.04. The second-order valence-corrected chi connectivity index (χ2v) is 8.50. The number of aryl methyl sites for hydroxylation is 1. The fourth-order valence-electron chi connectivity index (χ4n) is 4.19. The first kappa shape index (κ1) is 20.6. The molecule has 4 rings (SSSR count). The highest BCUT2D eigenvalue weighted by Gasteiger charge is 2.28. The van der Waals surface area contributed by atoms with E-state index in [1.165, 1.54) is 12.8 Å². The summed E-state index contributed by atoms with van der Waals surface area (Å²) in [6, 6.07) is 3.61. The Morgan fingerprint density at radius 1 is 1.17 bits per heavy atom. The first-order valence-corrected chi connectivity index (χ1v) is 11.1. The summed E-state index contributed by atoms with van der Waals surface area (Å²) in [6.45, 7) is 6.23. The first-order valence-electron chi connectivity index (χ1n) is 11.1. The number of pyridine rings is 1. The van der Waals surface area contributed by atoms with E-state index in [4.69, 9.17) is 0 Å². The molecule has 1 saturated heterocycles. The summed E-state index contributed by atoms with van der Waals surface area (Å²) in [5.41, 5.74) is 1.63. The fourth-order valence-corrected chi connectivity index (χ4v) is 4.19. The van der Waals surface area contributed by atoms with E-state index in [2.05, 4.69) is 22.2 Å². The van der Waals surface area contributed by atoms with E-state index >= 15 is 0 Å². The Hall–Kier alpha value is -2.70. The van der Waals surface area contributed by atoms with Crippen molar-refractivity contribution in [1.82, 2.24) is 24.8 Å². The zero-order chi connectivity index (χ0) is 21.1. The van der Waals surface area contributed by atoms with E-state index in [1.54, 1.807) is 12.4 Å². The van der Waals surface area contributed by atoms with E-state index in [9.17, 15) is 9.59 Å². The Morgan fingerprint density at radius 3 is 2.57 bits per heavy atom. The van der Waals surface area contributed by atoms with Gasteiger partial charge in [0.25, 0.3) is 5.91 Å². The van der Waals surface area contributed by atoms with Crippen LogP contribution >= 0.6 is 0 Å². The molecule has 1 atom stereocenters. The van der Waals surface area contributed by atoms with Gasteiger partial charge in [-0.05, 0) is 50.7 Å². The van der Waals surface area contributed by atoms with Crippen molar-refractivity contribution < 1.29 is 9.59 Å². The van der Waals surface area contributed by atoms with Gasteiger partial charge in [0.2, 0.25) is 5.91 Å². The second kappa shape index (κ2) is 8.98. The van der Waals surface area contributed by atoms with Crippen molar-refractivity contribution >= 4 is 11.8 Å². The van der Waals surface area contributed by atoms with Crippen LogP contribution in [0, 0.1) is 5.92 Å². The first-order chi connectivity index (χ1) is 14.6. The van der Waals surface area contributed by atoms with Crippen LogP contribution in [0.4, 0.5) is 0 Å². The van der Waals surface area contributed by atoms with Gasteiger partial charge in [0.15, 0.2) is 0 Å². The normalized spacial score (nSPS) is 18.3. The van der Waals surface area contributed by atoms with Gasteiger partial charge in [-0.25, -0.2) is 4.98 Å². The molecular formula is C23H31N5O2. The highest BCUT2D eigenvalue weighted by atomic mass is 16.2. The fraction of sp³-hybridized carbons (Fsp3) is 0.565. The van der Waals surface area contributed by atoms with Gasteiger partial charge in [-0.3, -0.25) is 14.6 Å². The Labute approximate surface area is 177 Å². The number of aromatic nitrogens is 3. The third-order valence-electron chi connectivity index (χ3n) is 6.36. The molecule has 1 aliphatic carbocycles. The van der Waals surface area contributed by atoms with Gasteiger partial charge in [-0.15, -0.1) is 0 Å². The number of nitrogens with zero attached hydrogens (tertiary/aromatic N) is 4. The van der Waals surface area contributed by atoms with Crippen LogP contribution in [0.5, 0.6) is 0 Å². The predicted molar refractivity (Wildman–Crippen MR) is 114 cm³/mol. The molecule has 2 aromatic rings. The van der Waals surface area contributed by atoms with Crippen molar-refractivity contribution in [2.24, 2.45) is 5.92 Å². The van der Waals surface area contributed by atoms with Crippen LogP contribution < -0.4 is 5.32 Å². The molecule has 1 aliphatic heterocycles. The molecule has 0 radical (unpaired) electrons. The van der Waals surface area contributed by atoms with Crippen molar-refractivity contribution in [3.8, 4) is 0 Å². The van der Waals surface area contributed by atoms with Gasteiger partial charge in [-0.1, -0.05) is 6.92 Å². The van der Waals surface area contributed by atoms with Crippen LogP contribution in [0.15, 0.2) is 30.7 Å². The molecule has 2 fully saturated rings. The Kier molecular flexibility index (Phi) is 6.16. The zero-order valence-corrected chi connectivity index (χ0v) is 17.9. The van der Waals surface area contributed by atoms with E-state index in [0.29, 0.717) is 17.4 Å². The van der Waals surface area contributed by atoms with Crippen molar-refractivity contribution in [2.45, 2.75) is 57.9 Å². The second-order valence-electron chi connectivity index (χ2n) is 8.50. The highest BCUT2D eigenvalue weighted by Crippen LogP contribution is 2.29. The summed E-state index contributed by atoms with van der Waals surface area (Å²) in [6.07, 6.45) is 10.4. The summed E-state index contributed by atoms with van der Waals surface area (Å²) in [5, 5.41) is 2.98. The maximum atomic E-state index is 13.0. The van der Waals surface area contributed by atoms with E-state index < -0.39 is 0 Å². The van der Waals surface area contributed by atoms with Crippen LogP contribution in [-0.4, -0.2) is 50.9 Å². The molecule has 2 aliphatic rings. The van der Waals surface area contributed by atoms with E-state index in [-0.39, 0.29) is 17.9 Å². The average Bonchev–Trinajstić information content (AvgIpc) is 3.50.